The van der Waals surface area contributed by atoms with Crippen LogP contribution in [0.2, 0.25) is 0 Å². The molecule has 0 bridgehead atoms. The van der Waals surface area contributed by atoms with Gasteiger partial charge in [-0.15, -0.1) is 0 Å². The van der Waals surface area contributed by atoms with E-state index in [4.69, 9.17) is 0 Å². The van der Waals surface area contributed by atoms with Gasteiger partial charge in [-0.3, -0.25) is 4.79 Å². The van der Waals surface area contributed by atoms with E-state index >= 15 is 0 Å². The minimum absolute atomic E-state index is 0.114. The molecule has 1 aliphatic rings. The van der Waals surface area contributed by atoms with Gasteiger partial charge in [0.1, 0.15) is 0 Å². The van der Waals surface area contributed by atoms with Crippen LogP contribution in [0.4, 0.5) is 0 Å². The summed E-state index contributed by atoms with van der Waals surface area (Å²) in [6.07, 6.45) is 9.05. The predicted molar refractivity (Wildman–Crippen MR) is 74.7 cm³/mol. The molecule has 1 fully saturated rings. The normalized spacial score (nSPS) is 19.2. The van der Waals surface area contributed by atoms with Gasteiger partial charge in [0.05, 0.1) is 12.4 Å². The number of piperidine rings is 1. The molecule has 2 unspecified atom stereocenters. The van der Waals surface area contributed by atoms with Crippen LogP contribution in [0.3, 0.4) is 0 Å². The molecule has 1 N–H and O–H groups in total. The van der Waals surface area contributed by atoms with Crippen LogP contribution in [0, 0.1) is 0 Å². The first-order valence-electron chi connectivity index (χ1n) is 7.17. The maximum absolute atomic E-state index is 12.3. The summed E-state index contributed by atoms with van der Waals surface area (Å²) < 4.78 is 2.02. The lowest BCUT2D eigenvalue weighted by Gasteiger charge is -2.30. The largest absolute Gasteiger partial charge is 0.341 e. The van der Waals surface area contributed by atoms with E-state index in [2.05, 4.69) is 17.2 Å². The molecule has 1 aliphatic heterocycles. The molecule has 2 heterocycles. The van der Waals surface area contributed by atoms with E-state index in [0.29, 0.717) is 0 Å². The number of hydrogen-bond donors (Lipinski definition) is 1. The van der Waals surface area contributed by atoms with E-state index in [1.165, 1.54) is 6.42 Å². The highest BCUT2D eigenvalue weighted by atomic mass is 16.2. The van der Waals surface area contributed by atoms with Crippen LogP contribution in [0.15, 0.2) is 18.7 Å². The van der Waals surface area contributed by atoms with E-state index in [1.807, 2.05) is 22.6 Å². The molecule has 1 amide bonds. The Morgan fingerprint density at radius 2 is 2.05 bits per heavy atom. The monoisotopic (exact) mass is 264 g/mol. The molecule has 1 saturated heterocycles. The number of nitrogens with zero attached hydrogens (tertiary/aromatic N) is 3. The minimum Gasteiger partial charge on any atom is -0.341 e. The van der Waals surface area contributed by atoms with Gasteiger partial charge in [-0.25, -0.2) is 4.98 Å². The Labute approximate surface area is 115 Å². The Morgan fingerprint density at radius 1 is 1.32 bits per heavy atom. The van der Waals surface area contributed by atoms with Gasteiger partial charge in [-0.2, -0.15) is 0 Å². The number of carbonyl (C=O) groups excluding carboxylic acids is 1. The number of amides is 1. The summed E-state index contributed by atoms with van der Waals surface area (Å²) in [5.74, 6) is 0.234. The van der Waals surface area contributed by atoms with Crippen LogP contribution >= 0.6 is 0 Å². The van der Waals surface area contributed by atoms with Crippen molar-refractivity contribution >= 4 is 5.91 Å². The Hall–Kier alpha value is -1.36. The quantitative estimate of drug-likeness (QED) is 0.871. The van der Waals surface area contributed by atoms with Gasteiger partial charge in [0, 0.05) is 38.1 Å². The summed E-state index contributed by atoms with van der Waals surface area (Å²) in [6, 6.07) is 0.134. The first-order valence-corrected chi connectivity index (χ1v) is 7.17. The first kappa shape index (κ1) is 14.1. The van der Waals surface area contributed by atoms with Crippen LogP contribution in [0.1, 0.15) is 33.1 Å². The van der Waals surface area contributed by atoms with E-state index in [0.717, 1.165) is 32.5 Å². The number of imidazole rings is 1. The number of likely N-dealkylation sites (tertiary alicyclic amines) is 1. The van der Waals surface area contributed by atoms with Crippen molar-refractivity contribution in [2.75, 3.05) is 13.1 Å². The maximum atomic E-state index is 12.3. The fourth-order valence-corrected chi connectivity index (χ4v) is 2.65. The number of nitrogens with one attached hydrogen (secondary N) is 1. The summed E-state index contributed by atoms with van der Waals surface area (Å²) in [6.45, 7) is 6.72. The molecule has 2 rings (SSSR count). The van der Waals surface area contributed by atoms with Gasteiger partial charge in [0.2, 0.25) is 5.91 Å². The fourth-order valence-electron chi connectivity index (χ4n) is 2.65. The van der Waals surface area contributed by atoms with Crippen molar-refractivity contribution in [1.82, 2.24) is 19.8 Å². The number of aromatic nitrogens is 2. The highest BCUT2D eigenvalue weighted by molar-refractivity contribution is 5.81. The standard InChI is InChI=1S/C14H24N4O/c1-12(10-17-9-6-15-11-17)16-13(2)14(19)18-7-4-3-5-8-18/h6,9,11-13,16H,3-5,7-8,10H2,1-2H3. The molecule has 5 nitrogen and oxygen atoms in total. The van der Waals surface area contributed by atoms with Crippen molar-refractivity contribution in [3.8, 4) is 0 Å². The molecule has 0 aliphatic carbocycles. The summed E-state index contributed by atoms with van der Waals surface area (Å²) in [7, 11) is 0. The second kappa shape index (κ2) is 6.70. The Bertz CT molecular complexity index is 384. The van der Waals surface area contributed by atoms with Crippen LogP contribution in [0.5, 0.6) is 0 Å². The molecule has 1 aromatic heterocycles. The highest BCUT2D eigenvalue weighted by Crippen LogP contribution is 2.10. The molecule has 0 spiro atoms. The third kappa shape index (κ3) is 4.06. The minimum atomic E-state index is -0.114. The summed E-state index contributed by atoms with van der Waals surface area (Å²) in [5, 5.41) is 3.38. The molecular formula is C14H24N4O. The second-order valence-electron chi connectivity index (χ2n) is 5.43. The maximum Gasteiger partial charge on any atom is 0.239 e. The highest BCUT2D eigenvalue weighted by Gasteiger charge is 2.22. The molecular weight excluding hydrogens is 240 g/mol. The average molecular weight is 264 g/mol. The zero-order valence-electron chi connectivity index (χ0n) is 11.9. The summed E-state index contributed by atoms with van der Waals surface area (Å²) >= 11 is 0. The zero-order chi connectivity index (χ0) is 13.7. The van der Waals surface area contributed by atoms with Crippen molar-refractivity contribution in [2.24, 2.45) is 0 Å². The number of carbonyl (C=O) groups is 1. The summed E-state index contributed by atoms with van der Waals surface area (Å²) in [5.41, 5.74) is 0. The van der Waals surface area contributed by atoms with E-state index in [9.17, 15) is 4.79 Å². The van der Waals surface area contributed by atoms with Gasteiger partial charge in [-0.05, 0) is 33.1 Å². The topological polar surface area (TPSA) is 50.2 Å². The lowest BCUT2D eigenvalue weighted by atomic mass is 10.1. The van der Waals surface area contributed by atoms with Gasteiger partial charge >= 0.3 is 0 Å². The van der Waals surface area contributed by atoms with Crippen LogP contribution in [0.25, 0.3) is 0 Å². The lowest BCUT2D eigenvalue weighted by molar-refractivity contribution is -0.134. The molecule has 5 heteroatoms. The van der Waals surface area contributed by atoms with Gasteiger partial charge in [0.15, 0.2) is 0 Å². The van der Waals surface area contributed by atoms with Crippen LogP contribution in [-0.2, 0) is 11.3 Å². The molecule has 1 aromatic rings. The number of hydrogen-bond acceptors (Lipinski definition) is 3. The molecule has 0 saturated carbocycles. The Kier molecular flexibility index (Phi) is 4.96. The van der Waals surface area contributed by atoms with Gasteiger partial charge < -0.3 is 14.8 Å². The van der Waals surface area contributed by atoms with Gasteiger partial charge in [0.25, 0.3) is 0 Å². The Balaban J connectivity index is 1.78. The van der Waals surface area contributed by atoms with Crippen molar-refractivity contribution in [1.29, 1.82) is 0 Å². The Morgan fingerprint density at radius 3 is 2.68 bits per heavy atom. The zero-order valence-corrected chi connectivity index (χ0v) is 11.9. The molecule has 0 radical (unpaired) electrons. The van der Waals surface area contributed by atoms with Crippen molar-refractivity contribution in [3.63, 3.8) is 0 Å². The van der Waals surface area contributed by atoms with Crippen LogP contribution in [-0.4, -0.2) is 45.5 Å². The predicted octanol–water partition coefficient (Wildman–Crippen LogP) is 1.26. The van der Waals surface area contributed by atoms with Crippen molar-refractivity contribution in [3.05, 3.63) is 18.7 Å². The van der Waals surface area contributed by atoms with Crippen molar-refractivity contribution < 1.29 is 4.79 Å². The number of rotatable bonds is 5. The average Bonchev–Trinajstić information content (AvgIpc) is 2.91. The first-order chi connectivity index (χ1) is 9.16. The second-order valence-corrected chi connectivity index (χ2v) is 5.43. The molecule has 0 aromatic carbocycles. The molecule has 2 atom stereocenters. The van der Waals surface area contributed by atoms with Gasteiger partial charge in [-0.1, -0.05) is 0 Å². The third-order valence-corrected chi connectivity index (χ3v) is 3.62. The van der Waals surface area contributed by atoms with Crippen LogP contribution < -0.4 is 5.32 Å². The lowest BCUT2D eigenvalue weighted by Crippen LogP contribution is -2.49. The van der Waals surface area contributed by atoms with E-state index < -0.39 is 0 Å². The molecule has 106 valence electrons. The summed E-state index contributed by atoms with van der Waals surface area (Å²) in [4.78, 5) is 18.3. The van der Waals surface area contributed by atoms with E-state index in [-0.39, 0.29) is 18.0 Å². The van der Waals surface area contributed by atoms with E-state index in [1.54, 1.807) is 12.5 Å². The third-order valence-electron chi connectivity index (χ3n) is 3.62. The van der Waals surface area contributed by atoms with Crippen molar-refractivity contribution in [2.45, 2.75) is 51.7 Å². The fraction of sp³-hybridized carbons (Fsp3) is 0.714. The molecule has 19 heavy (non-hydrogen) atoms. The smallest absolute Gasteiger partial charge is 0.239 e. The SMILES string of the molecule is CC(Cn1ccnc1)NC(C)C(=O)N1CCCCC1.